The molecule has 0 bridgehead atoms. The van der Waals surface area contributed by atoms with Gasteiger partial charge in [0.05, 0.1) is 16.9 Å². The van der Waals surface area contributed by atoms with Crippen LogP contribution in [-0.2, 0) is 15.9 Å². The number of nitrogens with two attached hydrogens (primary N) is 2. The number of hydrogen-bond acceptors (Lipinski definition) is 6. The van der Waals surface area contributed by atoms with E-state index in [9.17, 15) is 4.79 Å². The molecule has 0 saturated carbocycles. The van der Waals surface area contributed by atoms with Crippen LogP contribution in [0.25, 0.3) is 0 Å². The summed E-state index contributed by atoms with van der Waals surface area (Å²) in [5.41, 5.74) is 4.30. The van der Waals surface area contributed by atoms with E-state index < -0.39 is 24.4 Å². The highest BCUT2D eigenvalue weighted by Crippen LogP contribution is 2.36. The standard InChI is InChI=1S/C21H29BN4O4/c1-14-8-6-11-18(26(24)19(27)25-23)17(14)13-28-16-10-7-9-15(12-16)22-29-20(2,3)21(4,5)30-22/h6-12H,13,23-24H2,1-5H3,(H,25,27). The van der Waals surface area contributed by atoms with E-state index in [4.69, 9.17) is 25.7 Å². The van der Waals surface area contributed by atoms with Crippen LogP contribution in [0.15, 0.2) is 42.5 Å². The third-order valence-corrected chi connectivity index (χ3v) is 5.75. The van der Waals surface area contributed by atoms with E-state index in [1.165, 1.54) is 0 Å². The van der Waals surface area contributed by atoms with Gasteiger partial charge in [0.15, 0.2) is 0 Å². The molecule has 0 aliphatic carbocycles. The van der Waals surface area contributed by atoms with Gasteiger partial charge in [-0.2, -0.15) is 0 Å². The van der Waals surface area contributed by atoms with Crippen molar-refractivity contribution in [3.8, 4) is 5.75 Å². The van der Waals surface area contributed by atoms with Gasteiger partial charge in [-0.15, -0.1) is 0 Å². The van der Waals surface area contributed by atoms with Crippen LogP contribution >= 0.6 is 0 Å². The zero-order valence-corrected chi connectivity index (χ0v) is 18.1. The van der Waals surface area contributed by atoms with Crippen molar-refractivity contribution in [2.75, 3.05) is 5.01 Å². The van der Waals surface area contributed by atoms with Crippen molar-refractivity contribution in [2.24, 2.45) is 11.7 Å². The minimum absolute atomic E-state index is 0.223. The molecule has 9 heteroatoms. The molecule has 0 radical (unpaired) electrons. The van der Waals surface area contributed by atoms with Crippen molar-refractivity contribution >= 4 is 24.3 Å². The minimum atomic E-state index is -0.621. The van der Waals surface area contributed by atoms with Crippen LogP contribution in [0, 0.1) is 6.92 Å². The number of rotatable bonds is 5. The van der Waals surface area contributed by atoms with Crippen LogP contribution in [0.2, 0.25) is 0 Å². The Hall–Kier alpha value is -2.59. The molecule has 8 nitrogen and oxygen atoms in total. The number of aryl methyl sites for hydroxylation is 1. The zero-order valence-electron chi connectivity index (χ0n) is 18.1. The number of hydrazine groups is 2. The third kappa shape index (κ3) is 4.29. The molecule has 3 rings (SSSR count). The minimum Gasteiger partial charge on any atom is -0.489 e. The van der Waals surface area contributed by atoms with E-state index in [0.29, 0.717) is 11.4 Å². The fourth-order valence-corrected chi connectivity index (χ4v) is 3.16. The molecule has 1 aliphatic heterocycles. The third-order valence-electron chi connectivity index (χ3n) is 5.75. The van der Waals surface area contributed by atoms with Crippen molar-refractivity contribution in [3.05, 3.63) is 53.6 Å². The van der Waals surface area contributed by atoms with Gasteiger partial charge in [0.1, 0.15) is 12.4 Å². The topological polar surface area (TPSA) is 112 Å². The summed E-state index contributed by atoms with van der Waals surface area (Å²) in [4.78, 5) is 11.8. The largest absolute Gasteiger partial charge is 0.494 e. The maximum Gasteiger partial charge on any atom is 0.494 e. The number of benzene rings is 2. The molecule has 1 saturated heterocycles. The van der Waals surface area contributed by atoms with Crippen molar-refractivity contribution in [2.45, 2.75) is 52.4 Å². The van der Waals surface area contributed by atoms with Gasteiger partial charge >= 0.3 is 13.1 Å². The number of amides is 2. The second-order valence-electron chi connectivity index (χ2n) is 8.34. The summed E-state index contributed by atoms with van der Waals surface area (Å²) in [5.74, 6) is 11.8. The van der Waals surface area contributed by atoms with Crippen molar-refractivity contribution < 1.29 is 18.8 Å². The Kier molecular flexibility index (Phi) is 6.10. The number of ether oxygens (including phenoxy) is 1. The fourth-order valence-electron chi connectivity index (χ4n) is 3.16. The van der Waals surface area contributed by atoms with Gasteiger partial charge in [-0.05, 0) is 63.8 Å². The van der Waals surface area contributed by atoms with Crippen LogP contribution in [0.4, 0.5) is 10.5 Å². The van der Waals surface area contributed by atoms with Crippen LogP contribution in [0.5, 0.6) is 5.75 Å². The molecular weight excluding hydrogens is 383 g/mol. The van der Waals surface area contributed by atoms with Gasteiger partial charge in [0.25, 0.3) is 0 Å². The Morgan fingerprint density at radius 1 is 1.13 bits per heavy atom. The molecule has 0 unspecified atom stereocenters. The maximum absolute atomic E-state index is 11.8. The summed E-state index contributed by atoms with van der Waals surface area (Å²) in [5, 5.41) is 0.965. The summed E-state index contributed by atoms with van der Waals surface area (Å²) in [6.45, 7) is 10.2. The van der Waals surface area contributed by atoms with E-state index in [1.54, 1.807) is 6.07 Å². The highest BCUT2D eigenvalue weighted by atomic mass is 16.7. The Morgan fingerprint density at radius 3 is 2.40 bits per heavy atom. The van der Waals surface area contributed by atoms with Gasteiger partial charge in [-0.1, -0.05) is 24.3 Å². The average Bonchev–Trinajstić information content (AvgIpc) is 2.93. The summed E-state index contributed by atoms with van der Waals surface area (Å²) in [7, 11) is -0.472. The van der Waals surface area contributed by atoms with Gasteiger partial charge in [0.2, 0.25) is 0 Å². The lowest BCUT2D eigenvalue weighted by atomic mass is 9.79. The lowest BCUT2D eigenvalue weighted by Gasteiger charge is -2.32. The number of carbonyl (C=O) groups is 1. The lowest BCUT2D eigenvalue weighted by Crippen LogP contribution is -2.48. The monoisotopic (exact) mass is 412 g/mol. The smallest absolute Gasteiger partial charge is 0.489 e. The average molecular weight is 412 g/mol. The van der Waals surface area contributed by atoms with E-state index >= 15 is 0 Å². The molecule has 1 fully saturated rings. The predicted octanol–water partition coefficient (Wildman–Crippen LogP) is 2.14. The number of carbonyl (C=O) groups excluding carboxylic acids is 1. The molecule has 2 amide bonds. The van der Waals surface area contributed by atoms with Crippen molar-refractivity contribution in [1.29, 1.82) is 0 Å². The first-order valence-corrected chi connectivity index (χ1v) is 9.78. The fraction of sp³-hybridized carbons (Fsp3) is 0.381. The Balaban J connectivity index is 1.79. The first-order chi connectivity index (χ1) is 14.1. The molecule has 5 N–H and O–H groups in total. The summed E-state index contributed by atoms with van der Waals surface area (Å²) in [6.07, 6.45) is 0. The Labute approximate surface area is 177 Å². The van der Waals surface area contributed by atoms with Gasteiger partial charge < -0.3 is 14.0 Å². The first-order valence-electron chi connectivity index (χ1n) is 9.78. The van der Waals surface area contributed by atoms with Crippen LogP contribution in [0.3, 0.4) is 0 Å². The molecule has 0 spiro atoms. The van der Waals surface area contributed by atoms with Gasteiger partial charge in [-0.25, -0.2) is 21.5 Å². The molecule has 160 valence electrons. The summed E-state index contributed by atoms with van der Waals surface area (Å²) in [6, 6.07) is 12.5. The quantitative estimate of drug-likeness (QED) is 0.300. The zero-order chi connectivity index (χ0) is 22.1. The van der Waals surface area contributed by atoms with Crippen molar-refractivity contribution in [1.82, 2.24) is 5.43 Å². The van der Waals surface area contributed by atoms with E-state index in [-0.39, 0.29) is 6.61 Å². The molecular formula is C21H29BN4O4. The van der Waals surface area contributed by atoms with E-state index in [0.717, 1.165) is 21.6 Å². The van der Waals surface area contributed by atoms with Gasteiger partial charge in [0, 0.05) is 5.56 Å². The second kappa shape index (κ2) is 8.27. The predicted molar refractivity (Wildman–Crippen MR) is 117 cm³/mol. The molecule has 0 aromatic heterocycles. The lowest BCUT2D eigenvalue weighted by molar-refractivity contribution is 0.00578. The normalized spacial score (nSPS) is 17.0. The van der Waals surface area contributed by atoms with E-state index in [1.807, 2.05) is 76.4 Å². The summed E-state index contributed by atoms with van der Waals surface area (Å²) < 4.78 is 18.3. The molecule has 2 aromatic carbocycles. The number of anilines is 1. The number of nitrogens with one attached hydrogen (secondary N) is 1. The van der Waals surface area contributed by atoms with Crippen LogP contribution in [-0.4, -0.2) is 24.4 Å². The maximum atomic E-state index is 11.8. The van der Waals surface area contributed by atoms with Crippen LogP contribution in [0.1, 0.15) is 38.8 Å². The summed E-state index contributed by atoms with van der Waals surface area (Å²) >= 11 is 0. The number of hydrogen-bond donors (Lipinski definition) is 3. The second-order valence-corrected chi connectivity index (χ2v) is 8.34. The molecule has 0 atom stereocenters. The van der Waals surface area contributed by atoms with Gasteiger partial charge in [-0.3, -0.25) is 5.43 Å². The first kappa shape index (κ1) is 22.1. The highest BCUT2D eigenvalue weighted by Gasteiger charge is 2.51. The highest BCUT2D eigenvalue weighted by molar-refractivity contribution is 6.62. The Bertz CT molecular complexity index is 919. The molecule has 1 heterocycles. The molecule has 2 aromatic rings. The Morgan fingerprint density at radius 2 is 1.77 bits per heavy atom. The number of urea groups is 1. The molecule has 1 aliphatic rings. The number of nitrogens with zero attached hydrogens (tertiary/aromatic N) is 1. The SMILES string of the molecule is Cc1cccc(N(N)C(=O)NN)c1COc1cccc(B2OC(C)(C)C(C)(C)O2)c1. The van der Waals surface area contributed by atoms with Crippen LogP contribution < -0.4 is 32.3 Å². The molecule has 30 heavy (non-hydrogen) atoms. The van der Waals surface area contributed by atoms with E-state index in [2.05, 4.69) is 0 Å². The van der Waals surface area contributed by atoms with Crippen molar-refractivity contribution in [3.63, 3.8) is 0 Å².